The van der Waals surface area contributed by atoms with Crippen molar-refractivity contribution in [3.8, 4) is 0 Å². The van der Waals surface area contributed by atoms with Crippen molar-refractivity contribution < 1.29 is 8.42 Å². The van der Waals surface area contributed by atoms with Crippen molar-refractivity contribution in [1.82, 2.24) is 4.72 Å². The van der Waals surface area contributed by atoms with Crippen LogP contribution < -0.4 is 15.4 Å². The third kappa shape index (κ3) is 2.82. The van der Waals surface area contributed by atoms with Crippen LogP contribution in [0.15, 0.2) is 29.2 Å². The molecule has 0 radical (unpaired) electrons. The number of nitrogens with two attached hydrogens (primary N) is 1. The highest BCUT2D eigenvalue weighted by Gasteiger charge is 2.29. The fraction of sp³-hybridized carbons (Fsp3) is 0.571. The molecule has 5 nitrogen and oxygen atoms in total. The molecule has 1 saturated carbocycles. The molecule has 6 heteroatoms. The lowest BCUT2D eigenvalue weighted by molar-refractivity contribution is 0.566. The average molecular weight is 295 g/mol. The molecule has 2 fully saturated rings. The Bertz CT molecular complexity index is 571. The Kier molecular flexibility index (Phi) is 3.48. The van der Waals surface area contributed by atoms with Crippen LogP contribution in [0, 0.1) is 5.92 Å². The van der Waals surface area contributed by atoms with E-state index in [4.69, 9.17) is 5.73 Å². The molecule has 2 unspecified atom stereocenters. The Morgan fingerprint density at radius 3 is 2.35 bits per heavy atom. The number of anilines is 1. The molecule has 0 amide bonds. The Labute approximate surface area is 120 Å². The molecule has 2 atom stereocenters. The average Bonchev–Trinajstić information content (AvgIpc) is 3.14. The van der Waals surface area contributed by atoms with E-state index in [0.717, 1.165) is 31.6 Å². The Morgan fingerprint density at radius 2 is 1.85 bits per heavy atom. The summed E-state index contributed by atoms with van der Waals surface area (Å²) >= 11 is 0. The van der Waals surface area contributed by atoms with Gasteiger partial charge in [0.15, 0.2) is 0 Å². The van der Waals surface area contributed by atoms with Gasteiger partial charge in [-0.1, -0.05) is 6.92 Å². The maximum atomic E-state index is 12.1. The first-order valence-electron chi connectivity index (χ1n) is 7.08. The summed E-state index contributed by atoms with van der Waals surface area (Å²) in [5.41, 5.74) is 7.06. The number of benzene rings is 1. The van der Waals surface area contributed by atoms with Crippen LogP contribution in [-0.4, -0.2) is 33.6 Å². The number of sulfonamides is 1. The van der Waals surface area contributed by atoms with Gasteiger partial charge in [-0.05, 0) is 43.0 Å². The van der Waals surface area contributed by atoms with Crippen molar-refractivity contribution in [2.45, 2.75) is 36.7 Å². The predicted octanol–water partition coefficient (Wildman–Crippen LogP) is 0.911. The molecule has 1 aliphatic heterocycles. The first kappa shape index (κ1) is 13.9. The molecule has 1 aliphatic carbocycles. The lowest BCUT2D eigenvalue weighted by Crippen LogP contribution is -2.28. The highest BCUT2D eigenvalue weighted by molar-refractivity contribution is 7.89. The smallest absolute Gasteiger partial charge is 0.240 e. The molecular formula is C14H21N3O2S. The summed E-state index contributed by atoms with van der Waals surface area (Å²) in [6.07, 6.45) is 1.89. The van der Waals surface area contributed by atoms with Crippen molar-refractivity contribution >= 4 is 15.7 Å². The quantitative estimate of drug-likeness (QED) is 0.866. The van der Waals surface area contributed by atoms with Crippen LogP contribution in [0.2, 0.25) is 0 Å². The van der Waals surface area contributed by atoms with Crippen molar-refractivity contribution in [3.63, 3.8) is 0 Å². The van der Waals surface area contributed by atoms with Crippen molar-refractivity contribution in [2.75, 3.05) is 18.0 Å². The zero-order valence-corrected chi connectivity index (χ0v) is 12.4. The molecule has 0 spiro atoms. The van der Waals surface area contributed by atoms with Crippen LogP contribution in [0.25, 0.3) is 0 Å². The van der Waals surface area contributed by atoms with Crippen LogP contribution >= 0.6 is 0 Å². The largest absolute Gasteiger partial charge is 0.370 e. The summed E-state index contributed by atoms with van der Waals surface area (Å²) in [5.74, 6) is 0.468. The highest BCUT2D eigenvalue weighted by atomic mass is 32.2. The summed E-state index contributed by atoms with van der Waals surface area (Å²) < 4.78 is 26.8. The van der Waals surface area contributed by atoms with Crippen LogP contribution in [0.5, 0.6) is 0 Å². The molecule has 1 aromatic rings. The number of rotatable bonds is 4. The third-order valence-corrected chi connectivity index (χ3v) is 5.62. The second-order valence-corrected chi connectivity index (χ2v) is 7.65. The van der Waals surface area contributed by atoms with E-state index in [1.54, 1.807) is 12.1 Å². The molecular weight excluding hydrogens is 274 g/mol. The van der Waals surface area contributed by atoms with Gasteiger partial charge in [0.2, 0.25) is 10.0 Å². The molecule has 1 aromatic carbocycles. The summed E-state index contributed by atoms with van der Waals surface area (Å²) in [6.45, 7) is 3.89. The summed E-state index contributed by atoms with van der Waals surface area (Å²) in [7, 11) is -3.35. The van der Waals surface area contributed by atoms with Gasteiger partial charge in [-0.15, -0.1) is 0 Å². The zero-order valence-electron chi connectivity index (χ0n) is 11.6. The van der Waals surface area contributed by atoms with Crippen LogP contribution in [0.3, 0.4) is 0 Å². The van der Waals surface area contributed by atoms with E-state index < -0.39 is 10.0 Å². The van der Waals surface area contributed by atoms with Gasteiger partial charge < -0.3 is 10.6 Å². The summed E-state index contributed by atoms with van der Waals surface area (Å²) in [4.78, 5) is 2.55. The maximum absolute atomic E-state index is 12.1. The van der Waals surface area contributed by atoms with E-state index in [9.17, 15) is 8.42 Å². The van der Waals surface area contributed by atoms with Gasteiger partial charge >= 0.3 is 0 Å². The molecule has 0 aromatic heterocycles. The Morgan fingerprint density at radius 1 is 1.20 bits per heavy atom. The molecule has 1 heterocycles. The first-order valence-corrected chi connectivity index (χ1v) is 8.57. The molecule has 1 saturated heterocycles. The molecule has 2 aliphatic rings. The van der Waals surface area contributed by atoms with Crippen molar-refractivity contribution in [2.24, 2.45) is 11.7 Å². The minimum atomic E-state index is -3.35. The molecule has 110 valence electrons. The van der Waals surface area contributed by atoms with Gasteiger partial charge in [0.05, 0.1) is 4.90 Å². The van der Waals surface area contributed by atoms with E-state index in [-0.39, 0.29) is 12.1 Å². The van der Waals surface area contributed by atoms with Crippen LogP contribution in [-0.2, 0) is 10.0 Å². The van der Waals surface area contributed by atoms with E-state index >= 15 is 0 Å². The second-order valence-electron chi connectivity index (χ2n) is 5.94. The number of hydrogen-bond donors (Lipinski definition) is 2. The van der Waals surface area contributed by atoms with Crippen LogP contribution in [0.1, 0.15) is 19.8 Å². The van der Waals surface area contributed by atoms with Crippen LogP contribution in [0.4, 0.5) is 5.69 Å². The van der Waals surface area contributed by atoms with E-state index in [1.165, 1.54) is 0 Å². The van der Waals surface area contributed by atoms with Gasteiger partial charge in [-0.3, -0.25) is 0 Å². The lowest BCUT2D eigenvalue weighted by atomic mass is 10.1. The van der Waals surface area contributed by atoms with Gasteiger partial charge in [-0.25, -0.2) is 13.1 Å². The monoisotopic (exact) mass is 295 g/mol. The van der Waals surface area contributed by atoms with E-state index in [2.05, 4.69) is 16.5 Å². The zero-order chi connectivity index (χ0) is 14.3. The molecule has 3 rings (SSSR count). The molecule has 20 heavy (non-hydrogen) atoms. The third-order valence-electron chi connectivity index (χ3n) is 4.08. The van der Waals surface area contributed by atoms with E-state index in [0.29, 0.717) is 10.8 Å². The van der Waals surface area contributed by atoms with Gasteiger partial charge in [-0.2, -0.15) is 0 Å². The summed E-state index contributed by atoms with van der Waals surface area (Å²) in [5, 5.41) is 0. The normalized spacial score (nSPS) is 27.0. The van der Waals surface area contributed by atoms with Crippen molar-refractivity contribution in [3.05, 3.63) is 24.3 Å². The minimum Gasteiger partial charge on any atom is -0.370 e. The molecule has 3 N–H and O–H groups in total. The lowest BCUT2D eigenvalue weighted by Gasteiger charge is -2.18. The number of nitrogens with zero attached hydrogens (tertiary/aromatic N) is 1. The first-order chi connectivity index (χ1) is 9.45. The topological polar surface area (TPSA) is 75.4 Å². The van der Waals surface area contributed by atoms with Gasteiger partial charge in [0.25, 0.3) is 0 Å². The molecule has 0 bridgehead atoms. The standard InChI is InChI=1S/C14H21N3O2S/c1-10-8-17(9-14(10)15)12-4-6-13(7-5-12)20(18,19)16-11-2-3-11/h4-7,10-11,14,16H,2-3,8-9,15H2,1H3. The van der Waals surface area contributed by atoms with Gasteiger partial charge in [0.1, 0.15) is 0 Å². The summed E-state index contributed by atoms with van der Waals surface area (Å²) in [6, 6.07) is 7.41. The maximum Gasteiger partial charge on any atom is 0.240 e. The Hall–Kier alpha value is -1.11. The minimum absolute atomic E-state index is 0.136. The van der Waals surface area contributed by atoms with Gasteiger partial charge in [0, 0.05) is 30.9 Å². The fourth-order valence-corrected chi connectivity index (χ4v) is 3.83. The number of hydrogen-bond acceptors (Lipinski definition) is 4. The SMILES string of the molecule is CC1CN(c2ccc(S(=O)(=O)NC3CC3)cc2)CC1N. The van der Waals surface area contributed by atoms with Crippen molar-refractivity contribution in [1.29, 1.82) is 0 Å². The van der Waals surface area contributed by atoms with E-state index in [1.807, 2.05) is 12.1 Å². The highest BCUT2D eigenvalue weighted by Crippen LogP contribution is 2.26. The number of nitrogens with one attached hydrogen (secondary N) is 1. The predicted molar refractivity (Wildman–Crippen MR) is 79.1 cm³/mol. The second kappa shape index (κ2) is 5.02. The fourth-order valence-electron chi connectivity index (χ4n) is 2.53. The Balaban J connectivity index is 1.74.